The number of hydrogen-bond donors (Lipinski definition) is 2. The molecule has 6 nitrogen and oxygen atoms in total. The molecule has 0 saturated heterocycles. The van der Waals surface area contributed by atoms with Gasteiger partial charge in [0.1, 0.15) is 6.61 Å². The molecule has 0 aliphatic heterocycles. The second-order valence-electron chi connectivity index (χ2n) is 14.7. The summed E-state index contributed by atoms with van der Waals surface area (Å²) in [4.78, 5) is 24.3. The van der Waals surface area contributed by atoms with Crippen LogP contribution in [0.3, 0.4) is 0 Å². The largest absolute Gasteiger partial charge is 0.462 e. The fraction of sp³-hybridized carbons (Fsp3) is 0.702. The molecule has 304 valence electrons. The van der Waals surface area contributed by atoms with Crippen molar-refractivity contribution in [1.29, 1.82) is 0 Å². The Hall–Kier alpha value is -2.70. The molecular weight excluding hydrogens is 661 g/mol. The first-order chi connectivity index (χ1) is 25.9. The highest BCUT2D eigenvalue weighted by molar-refractivity contribution is 5.70. The first-order valence-electron chi connectivity index (χ1n) is 21.5. The molecular formula is C47H80O6. The highest BCUT2D eigenvalue weighted by atomic mass is 16.6. The molecule has 6 heteroatoms. The number of ether oxygens (including phenoxy) is 2. The maximum atomic E-state index is 12.2. The van der Waals surface area contributed by atoms with Gasteiger partial charge in [0.15, 0.2) is 6.10 Å². The topological polar surface area (TPSA) is 93.1 Å². The molecule has 1 unspecified atom stereocenters. The Bertz CT molecular complexity index is 1000. The minimum absolute atomic E-state index is 0.108. The summed E-state index contributed by atoms with van der Waals surface area (Å²) in [6.45, 7) is 6.23. The number of esters is 2. The number of aliphatic hydroxyl groups excluding tert-OH is 2. The first kappa shape index (κ1) is 50.3. The minimum atomic E-state index is -0.825. The van der Waals surface area contributed by atoms with Crippen LogP contribution < -0.4 is 0 Å². The first-order valence-corrected chi connectivity index (χ1v) is 21.5. The molecule has 0 aromatic heterocycles. The van der Waals surface area contributed by atoms with Crippen LogP contribution in [-0.4, -0.2) is 47.6 Å². The summed E-state index contributed by atoms with van der Waals surface area (Å²) in [5.74, 6) is 0.141. The molecule has 2 N–H and O–H groups in total. The zero-order valence-electron chi connectivity index (χ0n) is 34.3. The Labute approximate surface area is 326 Å². The summed E-state index contributed by atoms with van der Waals surface area (Å²) in [7, 11) is 0. The van der Waals surface area contributed by atoms with E-state index in [-0.39, 0.29) is 25.6 Å². The van der Waals surface area contributed by atoms with Gasteiger partial charge in [-0.25, -0.2) is 0 Å². The van der Waals surface area contributed by atoms with Crippen LogP contribution in [0.25, 0.3) is 0 Å². The van der Waals surface area contributed by atoms with E-state index >= 15 is 0 Å². The van der Waals surface area contributed by atoms with Crippen molar-refractivity contribution in [2.75, 3.05) is 13.2 Å². The van der Waals surface area contributed by atoms with Gasteiger partial charge in [-0.1, -0.05) is 196 Å². The van der Waals surface area contributed by atoms with Crippen molar-refractivity contribution in [2.24, 2.45) is 5.92 Å². The van der Waals surface area contributed by atoms with Crippen LogP contribution in [0, 0.1) is 5.92 Å². The molecule has 0 bridgehead atoms. The maximum Gasteiger partial charge on any atom is 0.306 e. The van der Waals surface area contributed by atoms with E-state index in [1.807, 2.05) is 30.4 Å². The Morgan fingerprint density at radius 1 is 0.585 bits per heavy atom. The summed E-state index contributed by atoms with van der Waals surface area (Å²) < 4.78 is 10.6. The second-order valence-corrected chi connectivity index (χ2v) is 14.7. The Kier molecular flexibility index (Phi) is 38.4. The van der Waals surface area contributed by atoms with Crippen molar-refractivity contribution in [3.63, 3.8) is 0 Å². The molecule has 0 fully saturated rings. The molecule has 0 heterocycles. The smallest absolute Gasteiger partial charge is 0.306 e. The normalized spacial score (nSPS) is 13.6. The van der Waals surface area contributed by atoms with Gasteiger partial charge in [-0.2, -0.15) is 0 Å². The zero-order valence-corrected chi connectivity index (χ0v) is 34.3. The van der Waals surface area contributed by atoms with E-state index < -0.39 is 18.2 Å². The summed E-state index contributed by atoms with van der Waals surface area (Å²) in [5, 5.41) is 19.4. The van der Waals surface area contributed by atoms with Crippen LogP contribution in [0.5, 0.6) is 0 Å². The van der Waals surface area contributed by atoms with Crippen molar-refractivity contribution in [1.82, 2.24) is 0 Å². The summed E-state index contributed by atoms with van der Waals surface area (Å²) in [6, 6.07) is 0. The van der Waals surface area contributed by atoms with Gasteiger partial charge in [0.2, 0.25) is 0 Å². The molecule has 0 aliphatic rings. The SMILES string of the molecule is CC/C=C\CC(O)/C=C/C=C/C/C=C\C/C=C\C/C=C\CCC(=O)O[C@@H](CO)COC(=O)CCCCCCCCCCCCCCCCCCC(C)C. The highest BCUT2D eigenvalue weighted by Crippen LogP contribution is 2.15. The minimum Gasteiger partial charge on any atom is -0.462 e. The zero-order chi connectivity index (χ0) is 38.9. The van der Waals surface area contributed by atoms with Gasteiger partial charge in [0.25, 0.3) is 0 Å². The van der Waals surface area contributed by atoms with Gasteiger partial charge in [-0.3, -0.25) is 9.59 Å². The standard InChI is InChI=1S/C47H80O6/c1-4-5-31-37-44(49)38-33-28-24-20-16-12-10-14-18-22-26-30-35-40-47(51)53-45(41-48)42-52-46(50)39-34-29-25-21-17-13-9-7-6-8-11-15-19-23-27-32-36-43(2)3/h5,12,14,16,18,24,26,28,30-31,33,38,43-45,48-49H,4,6-11,13,15,17,19-23,25,27,29,32,34-37,39-42H2,1-3H3/b16-12-,18-14-,28-24+,30-26-,31-5-,38-33+/t44?,45-/m0/s1. The van der Waals surface area contributed by atoms with Crippen molar-refractivity contribution >= 4 is 11.9 Å². The third-order valence-electron chi connectivity index (χ3n) is 9.04. The van der Waals surface area contributed by atoms with Crippen LogP contribution in [0.2, 0.25) is 0 Å². The number of rotatable bonds is 37. The van der Waals surface area contributed by atoms with Crippen LogP contribution >= 0.6 is 0 Å². The molecule has 0 amide bonds. The number of carbonyl (C=O) groups excluding carboxylic acids is 2. The van der Waals surface area contributed by atoms with E-state index in [1.165, 1.54) is 89.9 Å². The van der Waals surface area contributed by atoms with Gasteiger partial charge in [0.05, 0.1) is 12.7 Å². The molecule has 0 rings (SSSR count). The predicted molar refractivity (Wildman–Crippen MR) is 225 cm³/mol. The molecule has 0 aromatic carbocycles. The summed E-state index contributed by atoms with van der Waals surface area (Å²) >= 11 is 0. The van der Waals surface area contributed by atoms with Crippen LogP contribution in [-0.2, 0) is 19.1 Å². The van der Waals surface area contributed by atoms with Gasteiger partial charge in [-0.05, 0) is 50.9 Å². The van der Waals surface area contributed by atoms with E-state index in [0.29, 0.717) is 19.3 Å². The highest BCUT2D eigenvalue weighted by Gasteiger charge is 2.15. The van der Waals surface area contributed by atoms with Gasteiger partial charge < -0.3 is 19.7 Å². The van der Waals surface area contributed by atoms with E-state index in [1.54, 1.807) is 6.08 Å². The number of hydrogen-bond acceptors (Lipinski definition) is 6. The van der Waals surface area contributed by atoms with Crippen LogP contribution in [0.1, 0.15) is 181 Å². The fourth-order valence-electron chi connectivity index (χ4n) is 5.79. The Morgan fingerprint density at radius 2 is 1.09 bits per heavy atom. The molecule has 0 radical (unpaired) electrons. The Balaban J connectivity index is 3.70. The number of aliphatic hydroxyl groups is 2. The average Bonchev–Trinajstić information content (AvgIpc) is 3.14. The molecule has 0 saturated carbocycles. The fourth-order valence-corrected chi connectivity index (χ4v) is 5.79. The number of carbonyl (C=O) groups is 2. The molecule has 53 heavy (non-hydrogen) atoms. The summed E-state index contributed by atoms with van der Waals surface area (Å²) in [6.07, 6.45) is 50.2. The van der Waals surface area contributed by atoms with E-state index in [2.05, 4.69) is 57.2 Å². The number of allylic oxidation sites excluding steroid dienone is 10. The molecule has 0 aliphatic carbocycles. The van der Waals surface area contributed by atoms with Crippen LogP contribution in [0.4, 0.5) is 0 Å². The van der Waals surface area contributed by atoms with Crippen molar-refractivity contribution in [3.05, 3.63) is 72.9 Å². The van der Waals surface area contributed by atoms with Crippen molar-refractivity contribution in [2.45, 2.75) is 193 Å². The maximum absolute atomic E-state index is 12.2. The van der Waals surface area contributed by atoms with Crippen LogP contribution in [0.15, 0.2) is 72.9 Å². The molecule has 0 aromatic rings. The lowest BCUT2D eigenvalue weighted by atomic mass is 10.0. The second kappa shape index (κ2) is 40.5. The van der Waals surface area contributed by atoms with E-state index in [0.717, 1.165) is 50.9 Å². The molecule has 2 atom stereocenters. The van der Waals surface area contributed by atoms with Crippen molar-refractivity contribution < 1.29 is 29.3 Å². The van der Waals surface area contributed by atoms with Gasteiger partial charge in [0, 0.05) is 12.8 Å². The third kappa shape index (κ3) is 40.3. The van der Waals surface area contributed by atoms with Crippen molar-refractivity contribution in [3.8, 4) is 0 Å². The molecule has 0 spiro atoms. The summed E-state index contributed by atoms with van der Waals surface area (Å²) in [5.41, 5.74) is 0. The monoisotopic (exact) mass is 741 g/mol. The third-order valence-corrected chi connectivity index (χ3v) is 9.04. The van der Waals surface area contributed by atoms with E-state index in [4.69, 9.17) is 9.47 Å². The number of unbranched alkanes of at least 4 members (excludes halogenated alkanes) is 15. The Morgan fingerprint density at radius 3 is 1.62 bits per heavy atom. The van der Waals surface area contributed by atoms with Gasteiger partial charge in [-0.15, -0.1) is 0 Å². The lowest BCUT2D eigenvalue weighted by Crippen LogP contribution is -2.28. The quantitative estimate of drug-likeness (QED) is 0.0285. The lowest BCUT2D eigenvalue weighted by molar-refractivity contribution is -0.161. The van der Waals surface area contributed by atoms with Gasteiger partial charge >= 0.3 is 11.9 Å². The van der Waals surface area contributed by atoms with E-state index in [9.17, 15) is 19.8 Å². The predicted octanol–water partition coefficient (Wildman–Crippen LogP) is 12.6. The lowest BCUT2D eigenvalue weighted by Gasteiger charge is -2.15. The average molecular weight is 741 g/mol.